The Kier molecular flexibility index (Phi) is 6.26. The van der Waals surface area contributed by atoms with E-state index in [0.29, 0.717) is 18.6 Å². The van der Waals surface area contributed by atoms with Gasteiger partial charge in [0.15, 0.2) is 0 Å². The van der Waals surface area contributed by atoms with Crippen molar-refractivity contribution in [2.24, 2.45) is 17.3 Å². The molecule has 0 aliphatic heterocycles. The van der Waals surface area contributed by atoms with Crippen LogP contribution in [0.3, 0.4) is 0 Å². The van der Waals surface area contributed by atoms with Crippen molar-refractivity contribution in [2.45, 2.75) is 32.7 Å². The van der Waals surface area contributed by atoms with Crippen molar-refractivity contribution in [1.82, 2.24) is 0 Å². The van der Waals surface area contributed by atoms with Gasteiger partial charge in [0.1, 0.15) is 11.5 Å². The third kappa shape index (κ3) is 4.14. The highest BCUT2D eigenvalue weighted by Gasteiger charge is 2.51. The second kappa shape index (κ2) is 8.68. The Morgan fingerprint density at radius 2 is 1.72 bits per heavy atom. The maximum Gasteiger partial charge on any atom is 0.311 e. The third-order valence-corrected chi connectivity index (χ3v) is 6.08. The number of hydrogen-bond acceptors (Lipinski definition) is 5. The Morgan fingerprint density at radius 1 is 1.07 bits per heavy atom. The van der Waals surface area contributed by atoms with Crippen molar-refractivity contribution >= 4 is 17.4 Å². The lowest BCUT2D eigenvalue weighted by molar-refractivity contribution is -0.155. The topological polar surface area (TPSA) is 64.6 Å². The summed E-state index contributed by atoms with van der Waals surface area (Å²) in [6.45, 7) is 3.75. The maximum atomic E-state index is 13.1. The molecule has 1 saturated carbocycles. The zero-order valence-electron chi connectivity index (χ0n) is 17.5. The van der Waals surface area contributed by atoms with Crippen LogP contribution in [0.4, 0.5) is 5.69 Å². The fraction of sp³-hybridized carbons (Fsp3) is 0.417. The molecule has 2 aromatic rings. The molecule has 2 aromatic carbocycles. The van der Waals surface area contributed by atoms with Crippen molar-refractivity contribution in [2.75, 3.05) is 19.5 Å². The first-order chi connectivity index (χ1) is 13.9. The monoisotopic (exact) mass is 395 g/mol. The summed E-state index contributed by atoms with van der Waals surface area (Å²) >= 11 is 0. The predicted molar refractivity (Wildman–Crippen MR) is 113 cm³/mol. The van der Waals surface area contributed by atoms with E-state index < -0.39 is 5.41 Å². The number of ether oxygens (including phenoxy) is 2. The lowest BCUT2D eigenvalue weighted by atomic mass is 9.70. The summed E-state index contributed by atoms with van der Waals surface area (Å²) in [6.07, 6.45) is 1.13. The molecule has 0 amide bonds. The van der Waals surface area contributed by atoms with Crippen LogP contribution in [0.15, 0.2) is 54.6 Å². The van der Waals surface area contributed by atoms with Gasteiger partial charge < -0.3 is 14.8 Å². The van der Waals surface area contributed by atoms with Crippen LogP contribution in [0.25, 0.3) is 0 Å². The van der Waals surface area contributed by atoms with Gasteiger partial charge in [-0.15, -0.1) is 0 Å². The first-order valence-electron chi connectivity index (χ1n) is 9.95. The molecule has 1 fully saturated rings. The number of anilines is 1. The number of benzene rings is 2. The Bertz CT molecular complexity index is 862. The van der Waals surface area contributed by atoms with Gasteiger partial charge in [-0.1, -0.05) is 42.5 Å². The highest BCUT2D eigenvalue weighted by molar-refractivity contribution is 5.87. The third-order valence-electron chi connectivity index (χ3n) is 6.08. The van der Waals surface area contributed by atoms with Crippen molar-refractivity contribution in [3.8, 4) is 5.75 Å². The van der Waals surface area contributed by atoms with E-state index in [1.165, 1.54) is 7.11 Å². The lowest BCUT2D eigenvalue weighted by Gasteiger charge is -2.37. The molecule has 0 aromatic heterocycles. The number of esters is 1. The molecule has 1 aliphatic rings. The number of carbonyl (C=O) groups excluding carboxylic acids is 2. The fourth-order valence-electron chi connectivity index (χ4n) is 4.48. The fourth-order valence-corrected chi connectivity index (χ4v) is 4.48. The van der Waals surface area contributed by atoms with Crippen LogP contribution < -0.4 is 10.1 Å². The molecule has 0 bridgehead atoms. The summed E-state index contributed by atoms with van der Waals surface area (Å²) in [5.74, 6) is 0.114. The number of ketones is 1. The maximum absolute atomic E-state index is 13.1. The van der Waals surface area contributed by atoms with E-state index in [1.54, 1.807) is 7.11 Å². The minimum absolute atomic E-state index is 0.130. The molecule has 0 saturated heterocycles. The first-order valence-corrected chi connectivity index (χ1v) is 9.95. The molecule has 0 spiro atoms. The summed E-state index contributed by atoms with van der Waals surface area (Å²) in [5, 5.41) is 3.55. The van der Waals surface area contributed by atoms with Gasteiger partial charge in [0.05, 0.1) is 31.4 Å². The number of carbonyl (C=O) groups is 2. The molecule has 0 radical (unpaired) electrons. The van der Waals surface area contributed by atoms with E-state index in [1.807, 2.05) is 68.4 Å². The molecular weight excluding hydrogens is 366 g/mol. The van der Waals surface area contributed by atoms with E-state index in [0.717, 1.165) is 11.3 Å². The van der Waals surface area contributed by atoms with Crippen LogP contribution in [0.2, 0.25) is 0 Å². The van der Waals surface area contributed by atoms with E-state index in [9.17, 15) is 9.59 Å². The summed E-state index contributed by atoms with van der Waals surface area (Å²) in [6, 6.07) is 17.3. The van der Waals surface area contributed by atoms with Crippen LogP contribution in [-0.2, 0) is 14.3 Å². The number of Topliss-reactive ketones (excluding diaryl/α,β-unsaturated/α-hetero) is 1. The number of para-hydroxylation sites is 2. The average molecular weight is 395 g/mol. The second-order valence-electron chi connectivity index (χ2n) is 8.08. The highest BCUT2D eigenvalue weighted by atomic mass is 16.5. The predicted octanol–water partition coefficient (Wildman–Crippen LogP) is 4.64. The zero-order valence-corrected chi connectivity index (χ0v) is 17.5. The first kappa shape index (κ1) is 20.9. The highest BCUT2D eigenvalue weighted by Crippen LogP contribution is 2.49. The molecule has 1 aliphatic carbocycles. The number of methoxy groups -OCH3 is 2. The van der Waals surface area contributed by atoms with Gasteiger partial charge in [-0.3, -0.25) is 9.59 Å². The SMILES string of the molecule is COC(=O)C(C)(C)[C@H]1CCC(=O)[C@@H]1[C@@H](Nc1ccccc1OC)c1ccccc1. The summed E-state index contributed by atoms with van der Waals surface area (Å²) in [7, 11) is 3.03. The molecule has 5 heteroatoms. The molecule has 154 valence electrons. The van der Waals surface area contributed by atoms with Crippen molar-refractivity contribution in [3.05, 3.63) is 60.2 Å². The molecule has 1 N–H and O–H groups in total. The van der Waals surface area contributed by atoms with Gasteiger partial charge in [-0.25, -0.2) is 0 Å². The summed E-state index contributed by atoms with van der Waals surface area (Å²) in [5.41, 5.74) is 1.06. The number of hydrogen-bond donors (Lipinski definition) is 1. The van der Waals surface area contributed by atoms with Gasteiger partial charge in [-0.2, -0.15) is 0 Å². The molecule has 29 heavy (non-hydrogen) atoms. The zero-order chi connectivity index (χ0) is 21.0. The Labute approximate surface area is 172 Å². The largest absolute Gasteiger partial charge is 0.495 e. The van der Waals surface area contributed by atoms with Gasteiger partial charge in [-0.05, 0) is 43.9 Å². The Hall–Kier alpha value is -2.82. The van der Waals surface area contributed by atoms with E-state index in [2.05, 4.69) is 5.32 Å². The van der Waals surface area contributed by atoms with Gasteiger partial charge >= 0.3 is 5.97 Å². The molecule has 3 atom stereocenters. The molecular formula is C24H29NO4. The normalized spacial score (nSPS) is 20.2. The van der Waals surface area contributed by atoms with Crippen molar-refractivity contribution in [3.63, 3.8) is 0 Å². The summed E-state index contributed by atoms with van der Waals surface area (Å²) in [4.78, 5) is 25.6. The standard InChI is InChI=1S/C24H29NO4/c1-24(2,23(27)29-4)17-14-15-19(26)21(17)22(16-10-6-5-7-11-16)25-18-12-8-9-13-20(18)28-3/h5-13,17,21-22,25H,14-15H2,1-4H3/t17-,21+,22-/m0/s1. The Balaban J connectivity index is 2.05. The number of rotatable bonds is 7. The van der Waals surface area contributed by atoms with Gasteiger partial charge in [0.2, 0.25) is 0 Å². The van der Waals surface area contributed by atoms with Gasteiger partial charge in [0.25, 0.3) is 0 Å². The smallest absolute Gasteiger partial charge is 0.311 e. The lowest BCUT2D eigenvalue weighted by Crippen LogP contribution is -2.40. The number of nitrogens with one attached hydrogen (secondary N) is 1. The molecule has 0 heterocycles. The molecule has 0 unspecified atom stereocenters. The van der Waals surface area contributed by atoms with Crippen LogP contribution in [0, 0.1) is 17.3 Å². The average Bonchev–Trinajstić information content (AvgIpc) is 3.14. The summed E-state index contributed by atoms with van der Waals surface area (Å²) < 4.78 is 10.6. The minimum Gasteiger partial charge on any atom is -0.495 e. The Morgan fingerprint density at radius 3 is 2.38 bits per heavy atom. The van der Waals surface area contributed by atoms with E-state index >= 15 is 0 Å². The van der Waals surface area contributed by atoms with Gasteiger partial charge in [0, 0.05) is 12.3 Å². The molecule has 3 rings (SSSR count). The van der Waals surface area contributed by atoms with Crippen LogP contribution >= 0.6 is 0 Å². The van der Waals surface area contributed by atoms with E-state index in [-0.39, 0.29) is 29.6 Å². The van der Waals surface area contributed by atoms with Crippen LogP contribution in [0.1, 0.15) is 38.3 Å². The van der Waals surface area contributed by atoms with Crippen LogP contribution in [-0.4, -0.2) is 26.0 Å². The minimum atomic E-state index is -0.763. The second-order valence-corrected chi connectivity index (χ2v) is 8.08. The molecule has 5 nitrogen and oxygen atoms in total. The van der Waals surface area contributed by atoms with Crippen molar-refractivity contribution in [1.29, 1.82) is 0 Å². The van der Waals surface area contributed by atoms with Crippen LogP contribution in [0.5, 0.6) is 5.75 Å². The van der Waals surface area contributed by atoms with Crippen molar-refractivity contribution < 1.29 is 19.1 Å². The quantitative estimate of drug-likeness (QED) is 0.692. The van der Waals surface area contributed by atoms with E-state index in [4.69, 9.17) is 9.47 Å².